The van der Waals surface area contributed by atoms with Crippen LogP contribution < -0.4 is 11.1 Å². The molecule has 4 aromatic rings. The molecule has 164 valence electrons. The number of anilines is 2. The van der Waals surface area contributed by atoms with Crippen molar-refractivity contribution in [3.63, 3.8) is 0 Å². The summed E-state index contributed by atoms with van der Waals surface area (Å²) in [5.74, 6) is -0.255. The van der Waals surface area contributed by atoms with Crippen LogP contribution in [0.2, 0.25) is 0 Å². The zero-order chi connectivity index (χ0) is 21.9. The summed E-state index contributed by atoms with van der Waals surface area (Å²) in [6.07, 6.45) is 4.06. The van der Waals surface area contributed by atoms with Gasteiger partial charge in [0.15, 0.2) is 12.0 Å². The Morgan fingerprint density at radius 3 is 2.88 bits per heavy atom. The van der Waals surface area contributed by atoms with E-state index in [4.69, 9.17) is 19.9 Å². The van der Waals surface area contributed by atoms with Crippen molar-refractivity contribution in [3.05, 3.63) is 55.1 Å². The fourth-order valence-electron chi connectivity index (χ4n) is 4.64. The van der Waals surface area contributed by atoms with Gasteiger partial charge in [0.2, 0.25) is 0 Å². The van der Waals surface area contributed by atoms with E-state index in [9.17, 15) is 0 Å². The van der Waals surface area contributed by atoms with Crippen molar-refractivity contribution in [2.75, 3.05) is 17.6 Å². The van der Waals surface area contributed by atoms with Gasteiger partial charge in [0, 0.05) is 30.0 Å². The minimum Gasteiger partial charge on any atom is -0.383 e. The lowest BCUT2D eigenvalue weighted by Crippen LogP contribution is -2.34. The molecule has 0 radical (unpaired) electrons. The molecule has 32 heavy (non-hydrogen) atoms. The normalized spacial score (nSPS) is 26.6. The molecule has 2 saturated heterocycles. The van der Waals surface area contributed by atoms with E-state index in [0.717, 1.165) is 22.0 Å². The van der Waals surface area contributed by atoms with Crippen molar-refractivity contribution in [2.45, 2.75) is 44.2 Å². The van der Waals surface area contributed by atoms with Gasteiger partial charge in [-0.1, -0.05) is 12.1 Å². The van der Waals surface area contributed by atoms with E-state index in [2.05, 4.69) is 26.3 Å². The topological polar surface area (TPSA) is 109 Å². The van der Waals surface area contributed by atoms with Gasteiger partial charge in [-0.3, -0.25) is 4.98 Å². The van der Waals surface area contributed by atoms with E-state index >= 15 is 0 Å². The number of pyridine rings is 1. The quantitative estimate of drug-likeness (QED) is 0.506. The maximum atomic E-state index is 6.46. The van der Waals surface area contributed by atoms with Crippen LogP contribution in [0, 0.1) is 0 Å². The van der Waals surface area contributed by atoms with Gasteiger partial charge in [-0.25, -0.2) is 9.97 Å². The van der Waals surface area contributed by atoms with E-state index in [0.29, 0.717) is 18.0 Å². The Balaban J connectivity index is 1.28. The van der Waals surface area contributed by atoms with E-state index < -0.39 is 12.0 Å². The molecule has 2 aliphatic rings. The minimum absolute atomic E-state index is 0.220. The van der Waals surface area contributed by atoms with Crippen molar-refractivity contribution in [2.24, 2.45) is 0 Å². The number of aromatic nitrogens is 4. The van der Waals surface area contributed by atoms with Crippen LogP contribution in [-0.4, -0.2) is 50.2 Å². The summed E-state index contributed by atoms with van der Waals surface area (Å²) in [6.45, 7) is 4.41. The fourth-order valence-corrected chi connectivity index (χ4v) is 4.64. The molecular formula is C23H24N6O3. The number of fused-ring (bicyclic) bond motifs is 3. The summed E-state index contributed by atoms with van der Waals surface area (Å²) in [6, 6.07) is 12.0. The molecule has 3 aromatic heterocycles. The molecule has 9 nitrogen and oxygen atoms in total. The van der Waals surface area contributed by atoms with Crippen molar-refractivity contribution in [3.8, 4) is 0 Å². The van der Waals surface area contributed by atoms with Gasteiger partial charge in [-0.15, -0.1) is 0 Å². The van der Waals surface area contributed by atoms with Crippen LogP contribution in [0.3, 0.4) is 0 Å². The van der Waals surface area contributed by atoms with Crippen LogP contribution in [0.5, 0.6) is 0 Å². The standard InChI is InChI=1S/C23H24N6O3/c1-23(2)31-18-17(11-26-14-6-5-13-4-3-8-25-16(13)10-14)30-22(19(18)32-23)29-9-7-15-20(24)27-12-28-21(15)29/h3-10,12,17-19,22,26H,11H2,1-2H3,(H2,24,27,28)/t17-,18-,19-,22-/m1/s1. The molecule has 6 rings (SSSR count). The average Bonchev–Trinajstić information content (AvgIpc) is 3.44. The second-order valence-electron chi connectivity index (χ2n) is 8.64. The van der Waals surface area contributed by atoms with Crippen molar-refractivity contribution >= 4 is 33.4 Å². The molecule has 0 bridgehead atoms. The Hall–Kier alpha value is -3.27. The Labute approximate surface area is 184 Å². The molecule has 0 aliphatic carbocycles. The molecule has 9 heteroatoms. The Morgan fingerprint density at radius 1 is 1.09 bits per heavy atom. The molecule has 5 heterocycles. The highest BCUT2D eigenvalue weighted by Crippen LogP contribution is 2.44. The maximum absolute atomic E-state index is 6.46. The highest BCUT2D eigenvalue weighted by molar-refractivity contribution is 5.86. The monoisotopic (exact) mass is 432 g/mol. The predicted octanol–water partition coefficient (Wildman–Crippen LogP) is 3.09. The number of hydrogen-bond donors (Lipinski definition) is 2. The number of rotatable bonds is 4. The van der Waals surface area contributed by atoms with Crippen LogP contribution in [0.1, 0.15) is 20.1 Å². The van der Waals surface area contributed by atoms with Crippen LogP contribution in [0.15, 0.2) is 55.1 Å². The first-order chi connectivity index (χ1) is 15.5. The first kappa shape index (κ1) is 19.4. The highest BCUT2D eigenvalue weighted by Gasteiger charge is 2.55. The largest absolute Gasteiger partial charge is 0.383 e. The van der Waals surface area contributed by atoms with Crippen LogP contribution >= 0.6 is 0 Å². The summed E-state index contributed by atoms with van der Waals surface area (Å²) in [5.41, 5.74) is 8.65. The lowest BCUT2D eigenvalue weighted by molar-refractivity contribution is -0.194. The second kappa shape index (κ2) is 7.13. The number of ether oxygens (including phenoxy) is 3. The fraction of sp³-hybridized carbons (Fsp3) is 0.348. The molecule has 0 unspecified atom stereocenters. The molecular weight excluding hydrogens is 408 g/mol. The maximum Gasteiger partial charge on any atom is 0.164 e. The average molecular weight is 432 g/mol. The van der Waals surface area contributed by atoms with Gasteiger partial charge in [-0.05, 0) is 38.1 Å². The van der Waals surface area contributed by atoms with Gasteiger partial charge in [0.1, 0.15) is 36.1 Å². The zero-order valence-electron chi connectivity index (χ0n) is 17.8. The first-order valence-corrected chi connectivity index (χ1v) is 10.7. The molecule has 4 atom stereocenters. The molecule has 0 spiro atoms. The number of hydrogen-bond acceptors (Lipinski definition) is 8. The Morgan fingerprint density at radius 2 is 1.97 bits per heavy atom. The summed E-state index contributed by atoms with van der Waals surface area (Å²) in [7, 11) is 0. The molecule has 0 saturated carbocycles. The summed E-state index contributed by atoms with van der Waals surface area (Å²) < 4.78 is 20.9. The van der Waals surface area contributed by atoms with Gasteiger partial charge in [0.25, 0.3) is 0 Å². The van der Waals surface area contributed by atoms with Crippen molar-refractivity contribution in [1.82, 2.24) is 19.5 Å². The predicted molar refractivity (Wildman–Crippen MR) is 120 cm³/mol. The zero-order valence-corrected chi connectivity index (χ0v) is 17.8. The highest BCUT2D eigenvalue weighted by atomic mass is 16.8. The smallest absolute Gasteiger partial charge is 0.164 e. The van der Waals surface area contributed by atoms with E-state index in [1.807, 2.05) is 54.9 Å². The molecule has 2 aliphatic heterocycles. The third-order valence-corrected chi connectivity index (χ3v) is 6.05. The number of benzene rings is 1. The van der Waals surface area contributed by atoms with E-state index in [1.165, 1.54) is 6.33 Å². The van der Waals surface area contributed by atoms with Gasteiger partial charge < -0.3 is 29.8 Å². The van der Waals surface area contributed by atoms with E-state index in [-0.39, 0.29) is 18.3 Å². The van der Waals surface area contributed by atoms with E-state index in [1.54, 1.807) is 6.20 Å². The van der Waals surface area contributed by atoms with Gasteiger partial charge in [-0.2, -0.15) is 0 Å². The summed E-state index contributed by atoms with van der Waals surface area (Å²) in [5, 5.41) is 5.37. The lowest BCUT2D eigenvalue weighted by Gasteiger charge is -2.25. The lowest BCUT2D eigenvalue weighted by atomic mass is 10.1. The van der Waals surface area contributed by atoms with Crippen molar-refractivity contribution < 1.29 is 14.2 Å². The SMILES string of the molecule is CC1(C)O[C@@H]2[C@H](O1)[C@@H](CNc1ccc3cccnc3c1)O[C@H]2n1ccc2c(N)ncnc21. The Bertz CT molecular complexity index is 1310. The van der Waals surface area contributed by atoms with Crippen molar-refractivity contribution in [1.29, 1.82) is 0 Å². The number of nitrogens with zero attached hydrogens (tertiary/aromatic N) is 4. The molecule has 1 aromatic carbocycles. The second-order valence-corrected chi connectivity index (χ2v) is 8.64. The minimum atomic E-state index is -0.695. The third-order valence-electron chi connectivity index (χ3n) is 6.05. The number of nitrogens with one attached hydrogen (secondary N) is 1. The van der Waals surface area contributed by atoms with Gasteiger partial charge in [0.05, 0.1) is 10.9 Å². The Kier molecular flexibility index (Phi) is 4.32. The molecule has 0 amide bonds. The van der Waals surface area contributed by atoms with Crippen LogP contribution in [-0.2, 0) is 14.2 Å². The van der Waals surface area contributed by atoms with Crippen LogP contribution in [0.4, 0.5) is 11.5 Å². The van der Waals surface area contributed by atoms with Gasteiger partial charge >= 0.3 is 0 Å². The summed E-state index contributed by atoms with van der Waals surface area (Å²) >= 11 is 0. The molecule has 3 N–H and O–H groups in total. The molecule has 2 fully saturated rings. The summed E-state index contributed by atoms with van der Waals surface area (Å²) in [4.78, 5) is 12.9. The first-order valence-electron chi connectivity index (χ1n) is 10.7. The van der Waals surface area contributed by atoms with Crippen LogP contribution in [0.25, 0.3) is 21.9 Å². The number of nitrogen functional groups attached to an aromatic ring is 1. The number of nitrogens with two attached hydrogens (primary N) is 1. The third kappa shape index (κ3) is 3.17.